The number of hydrogen-bond donors (Lipinski definition) is 0. The van der Waals surface area contributed by atoms with Crippen molar-refractivity contribution in [1.82, 2.24) is 4.90 Å². The van der Waals surface area contributed by atoms with Gasteiger partial charge < -0.3 is 14.1 Å². The number of rotatable bonds is 1. The summed E-state index contributed by atoms with van der Waals surface area (Å²) < 4.78 is 12.3. The molecule has 3 aliphatic rings. The van der Waals surface area contributed by atoms with E-state index in [1.807, 2.05) is 24.0 Å². The number of amides is 1. The summed E-state index contributed by atoms with van der Waals surface area (Å²) in [6.45, 7) is 3.43. The Bertz CT molecular complexity index is 929. The average molecular weight is 367 g/mol. The van der Waals surface area contributed by atoms with Crippen LogP contribution in [0.1, 0.15) is 77.8 Å². The lowest BCUT2D eigenvalue weighted by atomic mass is 9.78. The maximum absolute atomic E-state index is 13.1. The minimum Gasteiger partial charge on any atom is -0.486 e. The molecule has 5 nitrogen and oxygen atoms in total. The maximum Gasteiger partial charge on any atom is 0.289 e. The fraction of sp³-hybridized carbons (Fsp3) is 0.545. The zero-order valence-electron chi connectivity index (χ0n) is 15.8. The molecule has 27 heavy (non-hydrogen) atoms. The molecule has 0 N–H and O–H groups in total. The van der Waals surface area contributed by atoms with E-state index >= 15 is 0 Å². The van der Waals surface area contributed by atoms with Crippen LogP contribution in [0.3, 0.4) is 0 Å². The normalized spacial score (nSPS) is 21.5. The molecular formula is C22H25NO4. The topological polar surface area (TPSA) is 59.8 Å². The van der Waals surface area contributed by atoms with Crippen LogP contribution < -0.4 is 4.74 Å². The van der Waals surface area contributed by atoms with Gasteiger partial charge in [0.15, 0.2) is 11.5 Å². The molecule has 1 amide bonds. The molecule has 0 unspecified atom stereocenters. The molecule has 1 aliphatic carbocycles. The van der Waals surface area contributed by atoms with E-state index in [1.54, 1.807) is 0 Å². The van der Waals surface area contributed by atoms with Crippen LogP contribution in [0.5, 0.6) is 5.75 Å². The lowest BCUT2D eigenvalue weighted by Crippen LogP contribution is -2.43. The molecule has 3 heterocycles. The van der Waals surface area contributed by atoms with Crippen molar-refractivity contribution in [3.8, 4) is 5.75 Å². The monoisotopic (exact) mass is 367 g/mol. The van der Waals surface area contributed by atoms with E-state index in [2.05, 4.69) is 0 Å². The number of likely N-dealkylation sites (tertiary alicyclic amines) is 1. The Labute approximate surface area is 158 Å². The Morgan fingerprint density at radius 3 is 2.56 bits per heavy atom. The van der Waals surface area contributed by atoms with Crippen LogP contribution >= 0.6 is 0 Å². The summed E-state index contributed by atoms with van der Waals surface area (Å²) in [7, 11) is 0. The van der Waals surface area contributed by atoms with Gasteiger partial charge >= 0.3 is 0 Å². The lowest BCUT2D eigenvalue weighted by molar-refractivity contribution is 0.0139. The third-order valence-corrected chi connectivity index (χ3v) is 6.50. The summed E-state index contributed by atoms with van der Waals surface area (Å²) in [5, 5.41) is 0.755. The van der Waals surface area contributed by atoms with Gasteiger partial charge in [-0.15, -0.1) is 0 Å². The number of nitrogens with zero attached hydrogens (tertiary/aromatic N) is 1. The van der Waals surface area contributed by atoms with E-state index in [1.165, 1.54) is 6.42 Å². The van der Waals surface area contributed by atoms with Crippen molar-refractivity contribution < 1.29 is 18.7 Å². The molecule has 5 heteroatoms. The summed E-state index contributed by atoms with van der Waals surface area (Å²) in [6.07, 6.45) is 7.84. The van der Waals surface area contributed by atoms with E-state index in [9.17, 15) is 9.59 Å². The number of carbonyl (C=O) groups excluding carboxylic acids is 2. The third-order valence-electron chi connectivity index (χ3n) is 6.50. The predicted octanol–water partition coefficient (Wildman–Crippen LogP) is 4.65. The Balaban J connectivity index is 1.59. The van der Waals surface area contributed by atoms with Gasteiger partial charge in [0.1, 0.15) is 16.9 Å². The first-order valence-corrected chi connectivity index (χ1v) is 10.2. The van der Waals surface area contributed by atoms with Crippen LogP contribution in [0.25, 0.3) is 11.0 Å². The average Bonchev–Trinajstić information content (AvgIpc) is 3.30. The van der Waals surface area contributed by atoms with Gasteiger partial charge in [-0.2, -0.15) is 0 Å². The van der Waals surface area contributed by atoms with Crippen molar-refractivity contribution in [2.45, 2.75) is 63.9 Å². The van der Waals surface area contributed by atoms with Crippen molar-refractivity contribution in [3.05, 3.63) is 29.0 Å². The van der Waals surface area contributed by atoms with Crippen LogP contribution in [0.15, 0.2) is 16.5 Å². The van der Waals surface area contributed by atoms with Crippen LogP contribution in [0.4, 0.5) is 0 Å². The van der Waals surface area contributed by atoms with E-state index in [0.29, 0.717) is 29.1 Å². The first-order chi connectivity index (χ1) is 13.1. The SMILES string of the molecule is Cc1c(C(=O)N2CCCC2)oc2ccc3c(c12)C(=O)CC1(CCCCC1)O3. The zero-order valence-corrected chi connectivity index (χ0v) is 15.8. The summed E-state index contributed by atoms with van der Waals surface area (Å²) in [5.41, 5.74) is 1.63. The minimum absolute atomic E-state index is 0.0668. The lowest BCUT2D eigenvalue weighted by Gasteiger charge is -2.40. The molecule has 142 valence electrons. The Kier molecular flexibility index (Phi) is 3.81. The van der Waals surface area contributed by atoms with Gasteiger partial charge in [0.25, 0.3) is 5.91 Å². The molecule has 5 rings (SSSR count). The summed E-state index contributed by atoms with van der Waals surface area (Å²) in [4.78, 5) is 27.8. The fourth-order valence-corrected chi connectivity index (χ4v) is 5.08. The number of Topliss-reactive ketones (excluding diaryl/α,β-unsaturated/α-hetero) is 1. The Hall–Kier alpha value is -2.30. The van der Waals surface area contributed by atoms with Gasteiger partial charge in [-0.1, -0.05) is 6.42 Å². The van der Waals surface area contributed by atoms with Gasteiger partial charge in [0, 0.05) is 24.0 Å². The highest BCUT2D eigenvalue weighted by atomic mass is 16.5. The number of ketones is 1. The smallest absolute Gasteiger partial charge is 0.289 e. The molecular weight excluding hydrogens is 342 g/mol. The van der Waals surface area contributed by atoms with Gasteiger partial charge in [0.2, 0.25) is 0 Å². The molecule has 0 radical (unpaired) electrons. The number of hydrogen-bond acceptors (Lipinski definition) is 4. The van der Waals surface area contributed by atoms with Crippen molar-refractivity contribution in [1.29, 1.82) is 0 Å². The number of carbonyl (C=O) groups is 2. The molecule has 1 aromatic heterocycles. The second kappa shape index (κ2) is 6.11. The summed E-state index contributed by atoms with van der Waals surface area (Å²) >= 11 is 0. The second-order valence-corrected chi connectivity index (χ2v) is 8.31. The van der Waals surface area contributed by atoms with Crippen molar-refractivity contribution in [3.63, 3.8) is 0 Å². The number of fused-ring (bicyclic) bond motifs is 3. The number of aryl methyl sites for hydroxylation is 1. The van der Waals surface area contributed by atoms with Crippen LogP contribution in [0, 0.1) is 6.92 Å². The number of ether oxygens (including phenoxy) is 1. The first kappa shape index (κ1) is 16.8. The number of benzene rings is 1. The van der Waals surface area contributed by atoms with E-state index in [0.717, 1.165) is 62.6 Å². The van der Waals surface area contributed by atoms with Crippen LogP contribution in [0.2, 0.25) is 0 Å². The highest BCUT2D eigenvalue weighted by Crippen LogP contribution is 2.45. The standard InChI is InChI=1S/C22H25NO4/c1-14-18-16(26-20(14)21(25)23-11-5-6-12-23)7-8-17-19(18)15(24)13-22(27-17)9-3-2-4-10-22/h7-8H,2-6,9-13H2,1H3. The molecule has 1 saturated carbocycles. The molecule has 0 bridgehead atoms. The molecule has 2 aromatic rings. The van der Waals surface area contributed by atoms with E-state index in [4.69, 9.17) is 9.15 Å². The third kappa shape index (κ3) is 2.59. The second-order valence-electron chi connectivity index (χ2n) is 8.31. The summed E-state index contributed by atoms with van der Waals surface area (Å²) in [6, 6.07) is 3.69. The highest BCUT2D eigenvalue weighted by molar-refractivity contribution is 6.13. The van der Waals surface area contributed by atoms with Gasteiger partial charge in [-0.25, -0.2) is 0 Å². The number of furan rings is 1. The zero-order chi connectivity index (χ0) is 18.6. The van der Waals surface area contributed by atoms with Crippen LogP contribution in [-0.4, -0.2) is 35.3 Å². The van der Waals surface area contributed by atoms with Crippen molar-refractivity contribution >= 4 is 22.7 Å². The molecule has 2 aliphatic heterocycles. The van der Waals surface area contributed by atoms with Crippen molar-refractivity contribution in [2.24, 2.45) is 0 Å². The highest BCUT2D eigenvalue weighted by Gasteiger charge is 2.42. The first-order valence-electron chi connectivity index (χ1n) is 10.2. The quantitative estimate of drug-likeness (QED) is 0.736. The molecule has 2 fully saturated rings. The summed E-state index contributed by atoms with van der Waals surface area (Å²) in [5.74, 6) is 1.08. The van der Waals surface area contributed by atoms with Gasteiger partial charge in [-0.3, -0.25) is 9.59 Å². The Morgan fingerprint density at radius 1 is 1.07 bits per heavy atom. The molecule has 1 saturated heterocycles. The van der Waals surface area contributed by atoms with E-state index < -0.39 is 0 Å². The van der Waals surface area contributed by atoms with Crippen molar-refractivity contribution in [2.75, 3.05) is 13.1 Å². The molecule has 1 spiro atoms. The maximum atomic E-state index is 13.1. The molecule has 0 atom stereocenters. The van der Waals surface area contributed by atoms with Crippen LogP contribution in [-0.2, 0) is 0 Å². The minimum atomic E-state index is -0.331. The van der Waals surface area contributed by atoms with Gasteiger partial charge in [0.05, 0.1) is 12.0 Å². The molecule has 1 aromatic carbocycles. The fourth-order valence-electron chi connectivity index (χ4n) is 5.08. The predicted molar refractivity (Wildman–Crippen MR) is 101 cm³/mol. The largest absolute Gasteiger partial charge is 0.486 e. The van der Waals surface area contributed by atoms with E-state index in [-0.39, 0.29) is 17.3 Å². The Morgan fingerprint density at radius 2 is 1.81 bits per heavy atom. The van der Waals surface area contributed by atoms with Gasteiger partial charge in [-0.05, 0) is 57.6 Å².